The molecule has 0 fully saturated rings. The van der Waals surface area contributed by atoms with Crippen LogP contribution in [0.4, 0.5) is 0 Å². The predicted molar refractivity (Wildman–Crippen MR) is 76.0 cm³/mol. The summed E-state index contributed by atoms with van der Waals surface area (Å²) in [4.78, 5) is 11.1. The maximum absolute atomic E-state index is 12.4. The average molecular weight is 295 g/mol. The van der Waals surface area contributed by atoms with Crippen LogP contribution >= 0.6 is 0 Å². The summed E-state index contributed by atoms with van der Waals surface area (Å²) in [6.45, 7) is 3.67. The van der Waals surface area contributed by atoms with E-state index >= 15 is 0 Å². The molecule has 0 amide bonds. The van der Waals surface area contributed by atoms with Crippen LogP contribution in [0.3, 0.4) is 0 Å². The first-order valence-corrected chi connectivity index (χ1v) is 7.62. The molecule has 6 heteroatoms. The molecular weight excluding hydrogens is 278 g/mol. The number of rotatable bonds is 6. The molecule has 1 aromatic rings. The van der Waals surface area contributed by atoms with Crippen LogP contribution in [-0.4, -0.2) is 36.9 Å². The van der Waals surface area contributed by atoms with Crippen molar-refractivity contribution in [1.29, 1.82) is 0 Å². The Bertz CT molecular complexity index is 644. The number of carboxylic acids is 1. The lowest BCUT2D eigenvalue weighted by molar-refractivity contribution is 0.0695. The van der Waals surface area contributed by atoms with E-state index in [0.29, 0.717) is 12.0 Å². The lowest BCUT2D eigenvalue weighted by Gasteiger charge is -2.18. The summed E-state index contributed by atoms with van der Waals surface area (Å²) in [5.74, 6) is 1.15. The zero-order valence-corrected chi connectivity index (χ0v) is 12.3. The van der Waals surface area contributed by atoms with Gasteiger partial charge >= 0.3 is 5.97 Å². The molecule has 0 aliphatic carbocycles. The Kier molecular flexibility index (Phi) is 5.31. The highest BCUT2D eigenvalue weighted by molar-refractivity contribution is 7.89. The molecule has 1 aromatic carbocycles. The van der Waals surface area contributed by atoms with Crippen molar-refractivity contribution in [2.45, 2.75) is 25.2 Å². The molecule has 0 aliphatic rings. The SMILES string of the molecule is C#CCN(CC)S(=O)(=O)c1ccc(CC)c(C(=O)O)c1. The third kappa shape index (κ3) is 3.18. The third-order valence-corrected chi connectivity index (χ3v) is 4.87. The molecule has 0 aromatic heterocycles. The van der Waals surface area contributed by atoms with Gasteiger partial charge in [0.05, 0.1) is 17.0 Å². The molecule has 0 saturated heterocycles. The van der Waals surface area contributed by atoms with E-state index in [1.807, 2.05) is 6.92 Å². The smallest absolute Gasteiger partial charge is 0.336 e. The van der Waals surface area contributed by atoms with E-state index in [0.717, 1.165) is 4.31 Å². The Morgan fingerprint density at radius 3 is 2.50 bits per heavy atom. The second-order valence-corrected chi connectivity index (χ2v) is 6.05. The molecule has 0 bridgehead atoms. The van der Waals surface area contributed by atoms with Crippen molar-refractivity contribution in [1.82, 2.24) is 4.31 Å². The Hall–Kier alpha value is -1.84. The molecule has 0 atom stereocenters. The van der Waals surface area contributed by atoms with E-state index in [-0.39, 0.29) is 23.5 Å². The highest BCUT2D eigenvalue weighted by Crippen LogP contribution is 2.20. The van der Waals surface area contributed by atoms with Gasteiger partial charge in [0.25, 0.3) is 0 Å². The second kappa shape index (κ2) is 6.55. The number of hydrogen-bond donors (Lipinski definition) is 1. The number of aryl methyl sites for hydroxylation is 1. The highest BCUT2D eigenvalue weighted by atomic mass is 32.2. The quantitative estimate of drug-likeness (QED) is 0.809. The summed E-state index contributed by atoms with van der Waals surface area (Å²) in [5, 5.41) is 9.15. The van der Waals surface area contributed by atoms with E-state index in [2.05, 4.69) is 5.92 Å². The molecule has 20 heavy (non-hydrogen) atoms. The molecule has 0 heterocycles. The van der Waals surface area contributed by atoms with Gasteiger partial charge in [-0.1, -0.05) is 25.8 Å². The number of terminal acetylenes is 1. The fourth-order valence-corrected chi connectivity index (χ4v) is 3.23. The number of carboxylic acid groups (broad SMARTS) is 1. The lowest BCUT2D eigenvalue weighted by atomic mass is 10.1. The molecule has 0 saturated carbocycles. The van der Waals surface area contributed by atoms with Crippen LogP contribution in [0.1, 0.15) is 29.8 Å². The van der Waals surface area contributed by atoms with Gasteiger partial charge in [-0.25, -0.2) is 13.2 Å². The van der Waals surface area contributed by atoms with Crippen LogP contribution in [0, 0.1) is 12.3 Å². The van der Waals surface area contributed by atoms with Gasteiger partial charge in [0, 0.05) is 6.54 Å². The molecule has 108 valence electrons. The maximum Gasteiger partial charge on any atom is 0.336 e. The maximum atomic E-state index is 12.4. The number of benzene rings is 1. The van der Waals surface area contributed by atoms with Crippen molar-refractivity contribution in [3.63, 3.8) is 0 Å². The number of sulfonamides is 1. The monoisotopic (exact) mass is 295 g/mol. The van der Waals surface area contributed by atoms with Crippen LogP contribution < -0.4 is 0 Å². The Morgan fingerprint density at radius 2 is 2.05 bits per heavy atom. The average Bonchev–Trinajstić information content (AvgIpc) is 2.43. The first-order chi connectivity index (χ1) is 9.38. The zero-order chi connectivity index (χ0) is 15.3. The van der Waals surface area contributed by atoms with Crippen LogP contribution in [0.5, 0.6) is 0 Å². The fourth-order valence-electron chi connectivity index (χ4n) is 1.84. The number of hydrogen-bond acceptors (Lipinski definition) is 3. The number of aromatic carboxylic acids is 1. The van der Waals surface area contributed by atoms with Gasteiger partial charge in [0.1, 0.15) is 0 Å². The van der Waals surface area contributed by atoms with Crippen molar-refractivity contribution < 1.29 is 18.3 Å². The van der Waals surface area contributed by atoms with Crippen LogP contribution in [0.15, 0.2) is 23.1 Å². The van der Waals surface area contributed by atoms with Crippen molar-refractivity contribution in [3.05, 3.63) is 29.3 Å². The summed E-state index contributed by atoms with van der Waals surface area (Å²) in [6, 6.07) is 4.13. The predicted octanol–water partition coefficient (Wildman–Crippen LogP) is 1.59. The Labute approximate surface area is 119 Å². The summed E-state index contributed by atoms with van der Waals surface area (Å²) in [7, 11) is -3.77. The summed E-state index contributed by atoms with van der Waals surface area (Å²) in [5.41, 5.74) is 0.599. The minimum absolute atomic E-state index is 0.00494. The first kappa shape index (κ1) is 16.2. The molecule has 0 aliphatic heterocycles. The van der Waals surface area contributed by atoms with E-state index < -0.39 is 16.0 Å². The van der Waals surface area contributed by atoms with Crippen molar-refractivity contribution in [2.24, 2.45) is 0 Å². The number of carbonyl (C=O) groups is 1. The van der Waals surface area contributed by atoms with Gasteiger partial charge in [-0.05, 0) is 24.1 Å². The molecule has 5 nitrogen and oxygen atoms in total. The molecule has 1 N–H and O–H groups in total. The van der Waals surface area contributed by atoms with Crippen molar-refractivity contribution in [2.75, 3.05) is 13.1 Å². The third-order valence-electron chi connectivity index (χ3n) is 2.95. The minimum atomic E-state index is -3.77. The normalized spacial score (nSPS) is 11.3. The summed E-state index contributed by atoms with van der Waals surface area (Å²) >= 11 is 0. The fraction of sp³-hybridized carbons (Fsp3) is 0.357. The lowest BCUT2D eigenvalue weighted by Crippen LogP contribution is -2.31. The number of nitrogens with zero attached hydrogens (tertiary/aromatic N) is 1. The van der Waals surface area contributed by atoms with Crippen LogP contribution in [-0.2, 0) is 16.4 Å². The van der Waals surface area contributed by atoms with Gasteiger partial charge in [0.15, 0.2) is 0 Å². The minimum Gasteiger partial charge on any atom is -0.478 e. The highest BCUT2D eigenvalue weighted by Gasteiger charge is 2.24. The largest absolute Gasteiger partial charge is 0.478 e. The van der Waals surface area contributed by atoms with Crippen LogP contribution in [0.2, 0.25) is 0 Å². The van der Waals surface area contributed by atoms with Gasteiger partial charge in [-0.3, -0.25) is 0 Å². The van der Waals surface area contributed by atoms with E-state index in [1.54, 1.807) is 6.92 Å². The second-order valence-electron chi connectivity index (χ2n) is 4.11. The van der Waals surface area contributed by atoms with E-state index in [4.69, 9.17) is 11.5 Å². The topological polar surface area (TPSA) is 74.7 Å². The molecule has 0 radical (unpaired) electrons. The standard InChI is InChI=1S/C14H17NO4S/c1-4-9-15(6-3)20(18,19)12-8-7-11(5-2)13(10-12)14(16)17/h1,7-8,10H,5-6,9H2,2-3H3,(H,16,17). The van der Waals surface area contributed by atoms with Gasteiger partial charge in [-0.15, -0.1) is 6.42 Å². The van der Waals surface area contributed by atoms with Crippen molar-refractivity contribution in [3.8, 4) is 12.3 Å². The Balaban J connectivity index is 3.37. The molecule has 0 spiro atoms. The van der Waals surface area contributed by atoms with E-state index in [9.17, 15) is 13.2 Å². The van der Waals surface area contributed by atoms with Gasteiger partial charge in [0.2, 0.25) is 10.0 Å². The molecule has 0 unspecified atom stereocenters. The Morgan fingerprint density at radius 1 is 1.40 bits per heavy atom. The van der Waals surface area contributed by atoms with Crippen molar-refractivity contribution >= 4 is 16.0 Å². The van der Waals surface area contributed by atoms with E-state index in [1.165, 1.54) is 18.2 Å². The first-order valence-electron chi connectivity index (χ1n) is 6.18. The van der Waals surface area contributed by atoms with Gasteiger partial charge < -0.3 is 5.11 Å². The summed E-state index contributed by atoms with van der Waals surface area (Å²) in [6.07, 6.45) is 5.67. The molecule has 1 rings (SSSR count). The summed E-state index contributed by atoms with van der Waals surface area (Å²) < 4.78 is 25.9. The zero-order valence-electron chi connectivity index (χ0n) is 11.5. The molecular formula is C14H17NO4S. The van der Waals surface area contributed by atoms with Crippen LogP contribution in [0.25, 0.3) is 0 Å². The van der Waals surface area contributed by atoms with Gasteiger partial charge in [-0.2, -0.15) is 4.31 Å².